The first-order chi connectivity index (χ1) is 6.68. The predicted molar refractivity (Wildman–Crippen MR) is 62.4 cm³/mol. The van der Waals surface area contributed by atoms with Crippen molar-refractivity contribution in [3.63, 3.8) is 0 Å². The Morgan fingerprint density at radius 1 is 1.25 bits per heavy atom. The summed E-state index contributed by atoms with van der Waals surface area (Å²) in [5, 5.41) is 0. The fourth-order valence-electron chi connectivity index (χ4n) is 1.50. The van der Waals surface area contributed by atoms with Gasteiger partial charge in [0.2, 0.25) is 0 Å². The van der Waals surface area contributed by atoms with Crippen LogP contribution in [0.2, 0.25) is 0 Å². The predicted octanol–water partition coefficient (Wildman–Crippen LogP) is -3.81. The summed E-state index contributed by atoms with van der Waals surface area (Å²) < 4.78 is 5.71. The Balaban J connectivity index is 0.00000112. The second kappa shape index (κ2) is 8.38. The van der Waals surface area contributed by atoms with Crippen molar-refractivity contribution in [2.45, 2.75) is 27.2 Å². The molecule has 0 aromatic carbocycles. The molecule has 2 rings (SSSR count). The fourth-order valence-corrected chi connectivity index (χ4v) is 73.0. The van der Waals surface area contributed by atoms with E-state index in [4.69, 9.17) is 0 Å². The molecule has 0 radical (unpaired) electrons. The molecule has 0 saturated heterocycles. The molecule has 0 unspecified atom stereocenters. The maximum Gasteiger partial charge on any atom is -1.00 e. The third-order valence-corrected chi connectivity index (χ3v) is 61.6. The van der Waals surface area contributed by atoms with Gasteiger partial charge in [-0.05, 0) is 0 Å². The number of allylic oxidation sites excluding steroid dienone is 6. The van der Waals surface area contributed by atoms with Crippen molar-refractivity contribution in [1.29, 1.82) is 0 Å². The molecule has 1 aliphatic carbocycles. The van der Waals surface area contributed by atoms with Gasteiger partial charge >= 0.3 is 109 Å². The first-order valence-corrected chi connectivity index (χ1v) is 26.1. The van der Waals surface area contributed by atoms with Crippen molar-refractivity contribution in [3.05, 3.63) is 30.6 Å². The van der Waals surface area contributed by atoms with Crippen molar-refractivity contribution in [2.75, 3.05) is 0 Å². The average molecular weight is 552 g/mol. The van der Waals surface area contributed by atoms with E-state index >= 15 is 0 Å². The molecule has 1 heterocycles. The molecule has 0 spiro atoms. The number of rotatable bonds is 2. The van der Waals surface area contributed by atoms with E-state index in [1.54, 1.807) is 5.57 Å². The Bertz CT molecular complexity index is 383. The number of hydrogen-bond donors (Lipinski definition) is 0. The van der Waals surface area contributed by atoms with Gasteiger partial charge in [0.05, 0.1) is 0 Å². The van der Waals surface area contributed by atoms with Gasteiger partial charge in [-0.1, -0.05) is 0 Å². The number of halogens is 2. The zero-order chi connectivity index (χ0) is 10.1. The van der Waals surface area contributed by atoms with E-state index in [2.05, 4.69) is 39.0 Å². The van der Waals surface area contributed by atoms with Gasteiger partial charge in [0.25, 0.3) is 0 Å². The van der Waals surface area contributed by atoms with E-state index in [0.29, 0.717) is 0 Å². The minimum Gasteiger partial charge on any atom is -1.00 e. The van der Waals surface area contributed by atoms with Crippen LogP contribution in [0.1, 0.15) is 27.2 Å². The Morgan fingerprint density at radius 2 is 1.94 bits per heavy atom. The van der Waals surface area contributed by atoms with Crippen molar-refractivity contribution >= 4 is 31.9 Å². The quantitative estimate of drug-likeness (QED) is 0.309. The Morgan fingerprint density at radius 3 is 2.38 bits per heavy atom. The van der Waals surface area contributed by atoms with E-state index in [9.17, 15) is 0 Å². The van der Waals surface area contributed by atoms with Crippen LogP contribution in [0.5, 0.6) is 0 Å². The monoisotopic (exact) mass is 548 g/mol. The van der Waals surface area contributed by atoms with Crippen LogP contribution >= 0.6 is 0 Å². The summed E-state index contributed by atoms with van der Waals surface area (Å²) in [5.74, 6) is 0. The summed E-state index contributed by atoms with van der Waals surface area (Å²) in [6, 6.07) is 0. The van der Waals surface area contributed by atoms with Gasteiger partial charge in [-0.3, -0.25) is 0 Å². The molecule has 0 atom stereocenters. The summed E-state index contributed by atoms with van der Waals surface area (Å²) in [4.78, 5) is 0. The van der Waals surface area contributed by atoms with Crippen LogP contribution in [0.4, 0.5) is 0 Å². The zero-order valence-electron chi connectivity index (χ0n) is 9.59. The third kappa shape index (κ3) is 4.38. The standard InChI is InChI=1S/C6H9.C5H5.2ClH.2Sb.Zr/c1-4-6(3)5-2;1-2-4-5-3-1;;;;;/h1-3H3;1-3H,4H2;2*1H;;;/q;;;;;;+2/p-2. The summed E-state index contributed by atoms with van der Waals surface area (Å²) in [5.41, 5.74) is 1.75. The molecule has 0 saturated carbocycles. The zero-order valence-corrected chi connectivity index (χ0v) is 18.7. The summed E-state index contributed by atoms with van der Waals surface area (Å²) in [6.07, 6.45) is 8.38. The van der Waals surface area contributed by atoms with Crippen LogP contribution in [-0.4, -0.2) is 31.9 Å². The molecule has 0 aromatic heterocycles. The Hall–Kier alpha value is 2.19. The minimum atomic E-state index is -0.739. The van der Waals surface area contributed by atoms with Gasteiger partial charge in [0.1, 0.15) is 0 Å². The second-order valence-corrected chi connectivity index (χ2v) is 53.0. The maximum atomic E-state index is 2.47. The van der Waals surface area contributed by atoms with E-state index in [1.165, 1.54) is 6.42 Å². The van der Waals surface area contributed by atoms with E-state index < -0.39 is 11.5 Å². The van der Waals surface area contributed by atoms with Crippen LogP contribution in [-0.2, 0) is 18.9 Å². The molecule has 0 amide bonds. The molecule has 1 aliphatic heterocycles. The largest absolute Gasteiger partial charge is 1.00 e. The Kier molecular flexibility index (Phi) is 9.52. The molecule has 0 bridgehead atoms. The molecule has 16 heavy (non-hydrogen) atoms. The van der Waals surface area contributed by atoms with Gasteiger partial charge in [-0.15, -0.1) is 0 Å². The van der Waals surface area contributed by atoms with Crippen molar-refractivity contribution < 1.29 is 43.7 Å². The topological polar surface area (TPSA) is 0 Å². The van der Waals surface area contributed by atoms with Crippen LogP contribution in [0.25, 0.3) is 0 Å². The first-order valence-electron chi connectivity index (χ1n) is 4.84. The molecule has 86 valence electrons. The number of hydrogen-bond acceptors (Lipinski definition) is 0. The molecular formula is C11H14Cl2Sb2Zr. The van der Waals surface area contributed by atoms with Gasteiger partial charge in [-0.25, -0.2) is 0 Å². The molecule has 5 heteroatoms. The molecule has 0 fully saturated rings. The minimum absolute atomic E-state index is 0. The molecule has 0 N–H and O–H groups in total. The van der Waals surface area contributed by atoms with E-state index in [1.807, 2.05) is 10.2 Å². The summed E-state index contributed by atoms with van der Waals surface area (Å²) in [6.45, 7) is 7.26. The van der Waals surface area contributed by atoms with Crippen molar-refractivity contribution in [1.82, 2.24) is 0 Å². The second-order valence-electron chi connectivity index (χ2n) is 3.64. The first kappa shape index (κ1) is 18.2. The molecule has 0 aromatic rings. The van der Waals surface area contributed by atoms with Crippen LogP contribution < -0.4 is 24.8 Å². The Labute approximate surface area is 131 Å². The third-order valence-electron chi connectivity index (χ3n) is 2.67. The van der Waals surface area contributed by atoms with Crippen LogP contribution in [0.15, 0.2) is 30.6 Å². The average Bonchev–Trinajstić information content (AvgIpc) is 2.73. The van der Waals surface area contributed by atoms with Crippen molar-refractivity contribution in [2.24, 2.45) is 0 Å². The van der Waals surface area contributed by atoms with E-state index in [-0.39, 0.29) is 60.7 Å². The fraction of sp³-hybridized carbons (Fsp3) is 0.364. The smallest absolute Gasteiger partial charge is 1.00 e. The maximum absolute atomic E-state index is 2.47. The van der Waals surface area contributed by atoms with Gasteiger partial charge in [-0.2, -0.15) is 0 Å². The molecular weight excluding hydrogens is 538 g/mol. The van der Waals surface area contributed by atoms with Gasteiger partial charge in [0.15, 0.2) is 0 Å². The van der Waals surface area contributed by atoms with Crippen LogP contribution in [0.3, 0.4) is 0 Å². The van der Waals surface area contributed by atoms with E-state index in [0.717, 1.165) is 0 Å². The van der Waals surface area contributed by atoms with Crippen LogP contribution in [0, 0.1) is 0 Å². The summed E-state index contributed by atoms with van der Waals surface area (Å²) in [7, 11) is 0. The van der Waals surface area contributed by atoms with Gasteiger partial charge < -0.3 is 24.8 Å². The van der Waals surface area contributed by atoms with Gasteiger partial charge in [0, 0.05) is 0 Å². The normalized spacial score (nSPS) is 18.7. The molecule has 0 nitrogen and oxygen atoms in total. The molecule has 2 aliphatic rings. The van der Waals surface area contributed by atoms with Crippen molar-refractivity contribution in [3.8, 4) is 0 Å². The summed E-state index contributed by atoms with van der Waals surface area (Å²) >= 11 is -0.621. The SMILES string of the molecule is C[C]1=[Sb][Sb]([Zr+2][C]2=CC=CC2)[C](C)=C1C.[Cl-].[Cl-].